The monoisotopic (exact) mass is 174 g/mol. The molecule has 0 saturated heterocycles. The van der Waals surface area contributed by atoms with Crippen molar-refractivity contribution in [3.8, 4) is 0 Å². The Bertz CT molecular complexity index is 376. The molecule has 0 saturated carbocycles. The lowest BCUT2D eigenvalue weighted by Crippen LogP contribution is -2.00. The molecule has 0 bridgehead atoms. The normalized spacial score (nSPS) is 20.2. The van der Waals surface area contributed by atoms with Gasteiger partial charge in [0.15, 0.2) is 0 Å². The maximum Gasteiger partial charge on any atom is 0.315 e. The Morgan fingerprint density at radius 3 is 2.38 bits per heavy atom. The first-order valence-electron chi connectivity index (χ1n) is 4.20. The second-order valence-electron chi connectivity index (χ2n) is 3.23. The molecule has 0 amide bonds. The standard InChI is InChI=1S/C11H10O2/c1-7-9(10(7)11(12)13)8-5-3-2-4-6-8/h2-6,10H,1H3,(H,12,13)/t10-/m0/s1. The Kier molecular flexibility index (Phi) is 1.69. The fourth-order valence-corrected chi connectivity index (χ4v) is 1.65. The van der Waals surface area contributed by atoms with Crippen LogP contribution in [0.1, 0.15) is 12.5 Å². The number of hydrogen-bond acceptors (Lipinski definition) is 1. The van der Waals surface area contributed by atoms with Crippen LogP contribution >= 0.6 is 0 Å². The van der Waals surface area contributed by atoms with Crippen LogP contribution in [0.3, 0.4) is 0 Å². The lowest BCUT2D eigenvalue weighted by Gasteiger charge is -1.94. The van der Waals surface area contributed by atoms with E-state index < -0.39 is 5.97 Å². The van der Waals surface area contributed by atoms with E-state index in [-0.39, 0.29) is 5.92 Å². The van der Waals surface area contributed by atoms with Crippen LogP contribution in [-0.4, -0.2) is 11.1 Å². The van der Waals surface area contributed by atoms with Crippen LogP contribution in [-0.2, 0) is 4.79 Å². The van der Waals surface area contributed by atoms with Crippen molar-refractivity contribution in [3.63, 3.8) is 0 Å². The summed E-state index contributed by atoms with van der Waals surface area (Å²) < 4.78 is 0. The summed E-state index contributed by atoms with van der Waals surface area (Å²) in [5.41, 5.74) is 3.00. The number of aliphatic carboxylic acids is 1. The molecule has 1 aliphatic rings. The second kappa shape index (κ2) is 2.73. The molecule has 1 aromatic carbocycles. The molecule has 1 aromatic rings. The van der Waals surface area contributed by atoms with E-state index in [1.807, 2.05) is 37.3 Å². The average molecular weight is 174 g/mol. The Morgan fingerprint density at radius 2 is 1.92 bits per heavy atom. The summed E-state index contributed by atoms with van der Waals surface area (Å²) in [5, 5.41) is 8.81. The molecule has 0 fully saturated rings. The van der Waals surface area contributed by atoms with Crippen molar-refractivity contribution in [1.29, 1.82) is 0 Å². The first-order valence-corrected chi connectivity index (χ1v) is 4.20. The number of carboxylic acid groups (broad SMARTS) is 1. The smallest absolute Gasteiger partial charge is 0.315 e. The fraction of sp³-hybridized carbons (Fsp3) is 0.182. The first kappa shape index (κ1) is 8.05. The van der Waals surface area contributed by atoms with Crippen LogP contribution in [0.25, 0.3) is 5.57 Å². The minimum atomic E-state index is -0.739. The molecule has 2 nitrogen and oxygen atoms in total. The second-order valence-corrected chi connectivity index (χ2v) is 3.23. The highest BCUT2D eigenvalue weighted by Crippen LogP contribution is 2.46. The molecule has 13 heavy (non-hydrogen) atoms. The highest BCUT2D eigenvalue weighted by atomic mass is 16.4. The van der Waals surface area contributed by atoms with Crippen molar-refractivity contribution in [2.75, 3.05) is 0 Å². The molecule has 0 heterocycles. The molecule has 0 unspecified atom stereocenters. The zero-order valence-corrected chi connectivity index (χ0v) is 7.32. The SMILES string of the molecule is CC1=C(c2ccccc2)[C@H]1C(=O)O. The minimum Gasteiger partial charge on any atom is -0.481 e. The lowest BCUT2D eigenvalue weighted by atomic mass is 10.1. The van der Waals surface area contributed by atoms with E-state index in [1.54, 1.807) is 0 Å². The summed E-state index contributed by atoms with van der Waals surface area (Å²) in [6.45, 7) is 1.88. The Hall–Kier alpha value is -1.57. The Labute approximate surface area is 76.5 Å². The molecule has 66 valence electrons. The molecule has 1 aliphatic carbocycles. The molecule has 0 aliphatic heterocycles. The van der Waals surface area contributed by atoms with E-state index in [1.165, 1.54) is 0 Å². The predicted octanol–water partition coefficient (Wildman–Crippen LogP) is 2.17. The predicted molar refractivity (Wildman–Crippen MR) is 50.2 cm³/mol. The summed E-state index contributed by atoms with van der Waals surface area (Å²) >= 11 is 0. The number of rotatable bonds is 2. The van der Waals surface area contributed by atoms with Crippen molar-refractivity contribution >= 4 is 11.5 Å². The van der Waals surface area contributed by atoms with Crippen LogP contribution in [0.5, 0.6) is 0 Å². The van der Waals surface area contributed by atoms with Gasteiger partial charge in [0.05, 0.1) is 0 Å². The van der Waals surface area contributed by atoms with Crippen molar-refractivity contribution in [2.24, 2.45) is 5.92 Å². The van der Waals surface area contributed by atoms with Crippen molar-refractivity contribution in [1.82, 2.24) is 0 Å². The van der Waals surface area contributed by atoms with Gasteiger partial charge in [0.2, 0.25) is 0 Å². The molecule has 1 N–H and O–H groups in total. The highest BCUT2D eigenvalue weighted by Gasteiger charge is 2.39. The maximum atomic E-state index is 10.7. The van der Waals surface area contributed by atoms with Crippen molar-refractivity contribution in [3.05, 3.63) is 41.5 Å². The van der Waals surface area contributed by atoms with Gasteiger partial charge in [-0.15, -0.1) is 0 Å². The molecule has 1 atom stereocenters. The van der Waals surface area contributed by atoms with Gasteiger partial charge in [-0.25, -0.2) is 0 Å². The van der Waals surface area contributed by atoms with E-state index in [2.05, 4.69) is 0 Å². The van der Waals surface area contributed by atoms with Gasteiger partial charge < -0.3 is 5.11 Å². The number of hydrogen-bond donors (Lipinski definition) is 1. The minimum absolute atomic E-state index is 0.331. The van der Waals surface area contributed by atoms with Crippen LogP contribution in [0.4, 0.5) is 0 Å². The van der Waals surface area contributed by atoms with E-state index >= 15 is 0 Å². The average Bonchev–Trinajstić information content (AvgIpc) is 2.79. The third-order valence-corrected chi connectivity index (χ3v) is 2.39. The lowest BCUT2D eigenvalue weighted by molar-refractivity contribution is -0.137. The topological polar surface area (TPSA) is 37.3 Å². The molecule has 0 radical (unpaired) electrons. The summed E-state index contributed by atoms with van der Waals surface area (Å²) in [5.74, 6) is -1.07. The van der Waals surface area contributed by atoms with Crippen LogP contribution in [0, 0.1) is 5.92 Å². The van der Waals surface area contributed by atoms with Gasteiger partial charge in [-0.2, -0.15) is 0 Å². The van der Waals surface area contributed by atoms with E-state index in [0.717, 1.165) is 16.7 Å². The van der Waals surface area contributed by atoms with Crippen LogP contribution < -0.4 is 0 Å². The fourth-order valence-electron chi connectivity index (χ4n) is 1.65. The molecule has 0 aromatic heterocycles. The van der Waals surface area contributed by atoms with Gasteiger partial charge in [-0.3, -0.25) is 4.79 Å². The molecular weight excluding hydrogens is 164 g/mol. The third-order valence-electron chi connectivity index (χ3n) is 2.39. The Morgan fingerprint density at radius 1 is 1.31 bits per heavy atom. The van der Waals surface area contributed by atoms with E-state index in [4.69, 9.17) is 5.11 Å². The van der Waals surface area contributed by atoms with Crippen molar-refractivity contribution < 1.29 is 9.90 Å². The number of benzene rings is 1. The summed E-state index contributed by atoms with van der Waals surface area (Å²) in [7, 11) is 0. The zero-order valence-electron chi connectivity index (χ0n) is 7.32. The van der Waals surface area contributed by atoms with E-state index in [9.17, 15) is 4.79 Å². The zero-order chi connectivity index (χ0) is 9.42. The Balaban J connectivity index is 2.27. The quantitative estimate of drug-likeness (QED) is 0.746. The van der Waals surface area contributed by atoms with Gasteiger partial charge in [0.25, 0.3) is 0 Å². The maximum absolute atomic E-state index is 10.7. The van der Waals surface area contributed by atoms with Crippen molar-refractivity contribution in [2.45, 2.75) is 6.92 Å². The molecule has 2 heteroatoms. The third kappa shape index (κ3) is 1.24. The van der Waals surface area contributed by atoms with Gasteiger partial charge in [-0.05, 0) is 23.6 Å². The summed E-state index contributed by atoms with van der Waals surface area (Å²) in [4.78, 5) is 10.7. The molecular formula is C11H10O2. The summed E-state index contributed by atoms with van der Waals surface area (Å²) in [6.07, 6.45) is 0. The van der Waals surface area contributed by atoms with Crippen LogP contribution in [0.2, 0.25) is 0 Å². The molecule has 2 rings (SSSR count). The van der Waals surface area contributed by atoms with Gasteiger partial charge >= 0.3 is 5.97 Å². The first-order chi connectivity index (χ1) is 6.22. The summed E-state index contributed by atoms with van der Waals surface area (Å²) in [6, 6.07) is 9.67. The molecule has 0 spiro atoms. The van der Waals surface area contributed by atoms with E-state index in [0.29, 0.717) is 0 Å². The van der Waals surface area contributed by atoms with Crippen LogP contribution in [0.15, 0.2) is 35.9 Å². The van der Waals surface area contributed by atoms with Gasteiger partial charge in [0.1, 0.15) is 5.92 Å². The highest BCUT2D eigenvalue weighted by molar-refractivity contribution is 6.02. The number of carboxylic acids is 1. The van der Waals surface area contributed by atoms with Gasteiger partial charge in [-0.1, -0.05) is 30.3 Å². The number of carbonyl (C=O) groups is 1. The largest absolute Gasteiger partial charge is 0.481 e. The van der Waals surface area contributed by atoms with Gasteiger partial charge in [0, 0.05) is 0 Å².